The maximum Gasteiger partial charge on any atom is 0.148 e. The smallest absolute Gasteiger partial charge is 0.148 e. The van der Waals surface area contributed by atoms with Gasteiger partial charge in [-0.15, -0.1) is 0 Å². The zero-order valence-corrected chi connectivity index (χ0v) is 8.05. The van der Waals surface area contributed by atoms with Gasteiger partial charge in [0.15, 0.2) is 0 Å². The first-order chi connectivity index (χ1) is 5.61. The molecule has 0 saturated heterocycles. The summed E-state index contributed by atoms with van der Waals surface area (Å²) in [5.41, 5.74) is 3.87. The minimum atomic E-state index is 0.481. The summed E-state index contributed by atoms with van der Waals surface area (Å²) in [6.45, 7) is 1.87. The van der Waals surface area contributed by atoms with E-state index in [0.29, 0.717) is 5.15 Å². The van der Waals surface area contributed by atoms with Gasteiger partial charge >= 0.3 is 0 Å². The Morgan fingerprint density at radius 3 is 2.67 bits per heavy atom. The summed E-state index contributed by atoms with van der Waals surface area (Å²) in [5.74, 6) is 0.736. The Morgan fingerprint density at radius 2 is 2.08 bits per heavy atom. The van der Waals surface area contributed by atoms with Gasteiger partial charge in [0.25, 0.3) is 0 Å². The van der Waals surface area contributed by atoms with Crippen molar-refractivity contribution in [3.8, 4) is 0 Å². The molecule has 1 heterocycles. The molecule has 0 saturated carbocycles. The van der Waals surface area contributed by atoms with Gasteiger partial charge in [0.2, 0.25) is 0 Å². The molecule has 1 aromatic heterocycles. The third-order valence-electron chi connectivity index (χ3n) is 1.35. The van der Waals surface area contributed by atoms with Crippen molar-refractivity contribution in [3.63, 3.8) is 0 Å². The molecule has 1 aromatic rings. The Balaban J connectivity index is 2.92. The predicted octanol–water partition coefficient (Wildman–Crippen LogP) is 1.33. The van der Waals surface area contributed by atoms with E-state index in [1.54, 1.807) is 5.01 Å². The Hall–Kier alpha value is -0.870. The van der Waals surface area contributed by atoms with E-state index in [1.165, 1.54) is 6.33 Å². The minimum absolute atomic E-state index is 0.481. The first-order valence-electron chi connectivity index (χ1n) is 3.52. The predicted molar refractivity (Wildman–Crippen MR) is 49.1 cm³/mol. The molecule has 12 heavy (non-hydrogen) atoms. The molecule has 0 fully saturated rings. The summed E-state index contributed by atoms with van der Waals surface area (Å²) in [5, 5.41) is 2.28. The molecule has 0 radical (unpaired) electrons. The molecule has 0 aliphatic carbocycles. The number of halogens is 1. The van der Waals surface area contributed by atoms with Crippen molar-refractivity contribution in [3.05, 3.63) is 17.0 Å². The van der Waals surface area contributed by atoms with E-state index in [4.69, 9.17) is 11.6 Å². The fourth-order valence-electron chi connectivity index (χ4n) is 0.753. The maximum atomic E-state index is 5.79. The molecule has 4 nitrogen and oxygen atoms in total. The van der Waals surface area contributed by atoms with Crippen LogP contribution in [0.3, 0.4) is 0 Å². The van der Waals surface area contributed by atoms with Crippen LogP contribution in [0.15, 0.2) is 6.33 Å². The van der Waals surface area contributed by atoms with Gasteiger partial charge in [-0.25, -0.2) is 15.0 Å². The molecule has 0 spiro atoms. The zero-order valence-electron chi connectivity index (χ0n) is 7.30. The van der Waals surface area contributed by atoms with E-state index in [-0.39, 0.29) is 0 Å². The van der Waals surface area contributed by atoms with Gasteiger partial charge < -0.3 is 5.43 Å². The Kier molecular flexibility index (Phi) is 2.83. The van der Waals surface area contributed by atoms with Crippen LogP contribution in [0.25, 0.3) is 0 Å². The molecule has 0 unspecified atom stereocenters. The molecule has 1 N–H and O–H groups in total. The fraction of sp³-hybridized carbons (Fsp3) is 0.429. The van der Waals surface area contributed by atoms with Crippen LogP contribution >= 0.6 is 11.6 Å². The Labute approximate surface area is 76.5 Å². The number of nitrogens with one attached hydrogen (secondary N) is 1. The standard InChI is InChI=1S/C7H11ClN4/c1-5-6(8)9-4-10-7(5)11-12(2)3/h4H,1-3H3,(H,9,10,11). The second-order valence-electron chi connectivity index (χ2n) is 2.64. The van der Waals surface area contributed by atoms with Gasteiger partial charge in [-0.3, -0.25) is 0 Å². The van der Waals surface area contributed by atoms with Crippen LogP contribution in [0, 0.1) is 6.92 Å². The Bertz CT molecular complexity index is 274. The van der Waals surface area contributed by atoms with E-state index in [0.717, 1.165) is 11.4 Å². The molecule has 0 amide bonds. The van der Waals surface area contributed by atoms with Crippen molar-refractivity contribution in [2.24, 2.45) is 0 Å². The third-order valence-corrected chi connectivity index (χ3v) is 1.73. The number of rotatable bonds is 2. The highest BCUT2D eigenvalue weighted by atomic mass is 35.5. The van der Waals surface area contributed by atoms with Crippen LogP contribution in [-0.4, -0.2) is 29.1 Å². The van der Waals surface area contributed by atoms with Gasteiger partial charge in [0, 0.05) is 19.7 Å². The lowest BCUT2D eigenvalue weighted by Crippen LogP contribution is -2.21. The van der Waals surface area contributed by atoms with Crippen molar-refractivity contribution in [2.75, 3.05) is 19.5 Å². The van der Waals surface area contributed by atoms with Crippen LogP contribution in [0.2, 0.25) is 5.15 Å². The highest BCUT2D eigenvalue weighted by Crippen LogP contribution is 2.17. The first kappa shape index (κ1) is 9.22. The number of hydrogen-bond donors (Lipinski definition) is 1. The molecular formula is C7H11ClN4. The van der Waals surface area contributed by atoms with Gasteiger partial charge in [0.05, 0.1) is 0 Å². The van der Waals surface area contributed by atoms with Gasteiger partial charge in [-0.05, 0) is 6.92 Å². The summed E-state index contributed by atoms with van der Waals surface area (Å²) in [6.07, 6.45) is 1.43. The average Bonchev–Trinajstić information content (AvgIpc) is 1.98. The van der Waals surface area contributed by atoms with E-state index < -0.39 is 0 Å². The topological polar surface area (TPSA) is 41.1 Å². The monoisotopic (exact) mass is 186 g/mol. The van der Waals surface area contributed by atoms with E-state index in [2.05, 4.69) is 15.4 Å². The van der Waals surface area contributed by atoms with Crippen LogP contribution in [0.1, 0.15) is 5.56 Å². The number of hydrazine groups is 1. The van der Waals surface area contributed by atoms with E-state index >= 15 is 0 Å². The third kappa shape index (κ3) is 2.06. The zero-order chi connectivity index (χ0) is 9.14. The molecule has 0 aliphatic rings. The van der Waals surface area contributed by atoms with Crippen LogP contribution in [0.5, 0.6) is 0 Å². The maximum absolute atomic E-state index is 5.79. The normalized spacial score (nSPS) is 10.4. The number of hydrogen-bond acceptors (Lipinski definition) is 4. The van der Waals surface area contributed by atoms with Crippen LogP contribution in [-0.2, 0) is 0 Å². The number of nitrogens with zero attached hydrogens (tertiary/aromatic N) is 3. The SMILES string of the molecule is Cc1c(Cl)ncnc1NN(C)C. The van der Waals surface area contributed by atoms with Crippen molar-refractivity contribution in [1.82, 2.24) is 15.0 Å². The molecule has 66 valence electrons. The average molecular weight is 187 g/mol. The Morgan fingerprint density at radius 1 is 1.42 bits per heavy atom. The van der Waals surface area contributed by atoms with Gasteiger partial charge in [0.1, 0.15) is 17.3 Å². The van der Waals surface area contributed by atoms with Crippen molar-refractivity contribution >= 4 is 17.4 Å². The summed E-state index contributed by atoms with van der Waals surface area (Å²) >= 11 is 5.79. The molecule has 0 bridgehead atoms. The number of anilines is 1. The van der Waals surface area contributed by atoms with Crippen molar-refractivity contribution in [1.29, 1.82) is 0 Å². The van der Waals surface area contributed by atoms with Crippen molar-refractivity contribution in [2.45, 2.75) is 6.92 Å². The summed E-state index contributed by atoms with van der Waals surface area (Å²) in [7, 11) is 3.77. The van der Waals surface area contributed by atoms with Gasteiger partial charge in [-0.2, -0.15) is 0 Å². The fourth-order valence-corrected chi connectivity index (χ4v) is 0.886. The minimum Gasteiger partial charge on any atom is -0.303 e. The lowest BCUT2D eigenvalue weighted by Gasteiger charge is -2.14. The van der Waals surface area contributed by atoms with Crippen LogP contribution < -0.4 is 5.43 Å². The molecule has 1 rings (SSSR count). The molecular weight excluding hydrogens is 176 g/mol. The first-order valence-corrected chi connectivity index (χ1v) is 3.90. The lowest BCUT2D eigenvalue weighted by molar-refractivity contribution is 0.491. The van der Waals surface area contributed by atoms with E-state index in [1.807, 2.05) is 21.0 Å². The largest absolute Gasteiger partial charge is 0.303 e. The lowest BCUT2D eigenvalue weighted by atomic mass is 10.3. The second kappa shape index (κ2) is 3.69. The van der Waals surface area contributed by atoms with Crippen LogP contribution in [0.4, 0.5) is 5.82 Å². The molecule has 5 heteroatoms. The number of aromatic nitrogens is 2. The molecule has 0 atom stereocenters. The van der Waals surface area contributed by atoms with Gasteiger partial charge in [-0.1, -0.05) is 11.6 Å². The molecule has 0 aliphatic heterocycles. The summed E-state index contributed by atoms with van der Waals surface area (Å²) < 4.78 is 0. The highest BCUT2D eigenvalue weighted by molar-refractivity contribution is 6.30. The highest BCUT2D eigenvalue weighted by Gasteiger charge is 2.03. The second-order valence-corrected chi connectivity index (χ2v) is 3.00. The summed E-state index contributed by atoms with van der Waals surface area (Å²) in [6, 6.07) is 0. The summed E-state index contributed by atoms with van der Waals surface area (Å²) in [4.78, 5) is 7.87. The van der Waals surface area contributed by atoms with Crippen molar-refractivity contribution < 1.29 is 0 Å². The van der Waals surface area contributed by atoms with E-state index in [9.17, 15) is 0 Å². The quantitative estimate of drug-likeness (QED) is 0.559. The molecule has 0 aromatic carbocycles.